The van der Waals surface area contributed by atoms with E-state index >= 15 is 0 Å². The number of aliphatic carboxylic acids is 2. The molecule has 5 N–H and O–H groups in total. The molecule has 2 amide bonds. The molecule has 1 fully saturated rings. The molecule has 0 atom stereocenters. The molecule has 0 bridgehead atoms. The Hall–Kier alpha value is -3.62. The van der Waals surface area contributed by atoms with Crippen molar-refractivity contribution in [2.24, 2.45) is 0 Å². The largest absolute Gasteiger partial charge is 0.481 e. The van der Waals surface area contributed by atoms with Gasteiger partial charge in [-0.25, -0.2) is 5.48 Å². The van der Waals surface area contributed by atoms with Gasteiger partial charge in [0.1, 0.15) is 11.0 Å². The van der Waals surface area contributed by atoms with Crippen LogP contribution in [0.5, 0.6) is 0 Å². The Morgan fingerprint density at radius 1 is 1.03 bits per heavy atom. The van der Waals surface area contributed by atoms with E-state index in [1.165, 1.54) is 0 Å². The maximum absolute atomic E-state index is 10.2. The van der Waals surface area contributed by atoms with Crippen LogP contribution in [0.15, 0.2) is 24.3 Å². The Balaban J connectivity index is 0. The predicted molar refractivity (Wildman–Crippen MR) is 100 cm³/mol. The van der Waals surface area contributed by atoms with E-state index < -0.39 is 23.8 Å². The zero-order valence-electron chi connectivity index (χ0n) is 16.8. The van der Waals surface area contributed by atoms with Crippen LogP contribution in [0.25, 0.3) is 11.0 Å². The Morgan fingerprint density at radius 2 is 1.43 bits per heavy atom. The van der Waals surface area contributed by atoms with Crippen LogP contribution in [0.4, 0.5) is 0 Å². The molecule has 30 heavy (non-hydrogen) atoms. The number of hydrogen-bond donors (Lipinski definition) is 5. The Labute approximate surface area is 171 Å². The van der Waals surface area contributed by atoms with E-state index in [1.807, 2.05) is 12.1 Å². The molecule has 0 saturated carbocycles. The quantitative estimate of drug-likeness (QED) is 0.177. The lowest BCUT2D eigenvalue weighted by Gasteiger charge is -1.98. The lowest BCUT2D eigenvalue weighted by molar-refractivity contribution is -0.171. The second-order valence-electron chi connectivity index (χ2n) is 5.01. The first-order valence-electron chi connectivity index (χ1n) is 8.10. The van der Waals surface area contributed by atoms with E-state index in [-0.39, 0.29) is 17.9 Å². The molecular formula is C16H25N5O9. The van der Waals surface area contributed by atoms with Gasteiger partial charge in [-0.3, -0.25) is 24.4 Å². The topological polar surface area (TPSA) is 204 Å². The van der Waals surface area contributed by atoms with E-state index in [4.69, 9.17) is 30.2 Å². The molecule has 1 aliphatic heterocycles. The second kappa shape index (κ2) is 16.3. The van der Waals surface area contributed by atoms with Crippen LogP contribution >= 0.6 is 0 Å². The highest BCUT2D eigenvalue weighted by Gasteiger charge is 2.26. The van der Waals surface area contributed by atoms with Crippen LogP contribution in [0, 0.1) is 0 Å². The number of para-hydroxylation sites is 1. The van der Waals surface area contributed by atoms with Gasteiger partial charge < -0.3 is 20.3 Å². The minimum atomic E-state index is -0.833. The standard InChI is InChI=1S/C6H5N3O.C4H5NO3.C2H7NO.2C2H4O2/c10-9-6-4-2-1-3-5(6)7-8-9;6-3-1-2-4(7)5(3)8;1-3-4-2;2*1-2(3)4/h1-4,10H;8H,1-2H2;3H,1-2H3;2*1H3,(H,3,4). The maximum Gasteiger partial charge on any atom is 0.300 e. The number of aromatic nitrogens is 3. The molecular weight excluding hydrogens is 406 g/mol. The molecule has 2 heterocycles. The molecule has 1 aromatic heterocycles. The molecule has 3 rings (SSSR count). The number of carbonyl (C=O) groups is 4. The maximum atomic E-state index is 10.2. The highest BCUT2D eigenvalue weighted by atomic mass is 16.6. The van der Waals surface area contributed by atoms with E-state index in [2.05, 4.69) is 20.6 Å². The van der Waals surface area contributed by atoms with Gasteiger partial charge in [0, 0.05) is 33.7 Å². The Morgan fingerprint density at radius 3 is 1.73 bits per heavy atom. The van der Waals surface area contributed by atoms with Gasteiger partial charge in [0.15, 0.2) is 0 Å². The summed E-state index contributed by atoms with van der Waals surface area (Å²) < 4.78 is 0. The zero-order valence-corrected chi connectivity index (χ0v) is 16.8. The lowest BCUT2D eigenvalue weighted by atomic mass is 10.3. The SMILES string of the molecule is CC(=O)O.CC(=O)O.CNOC.O=C1CCC(=O)N1O.On1nnc2ccccc21. The summed E-state index contributed by atoms with van der Waals surface area (Å²) >= 11 is 0. The summed E-state index contributed by atoms with van der Waals surface area (Å²) in [6, 6.07) is 7.19. The van der Waals surface area contributed by atoms with Crippen molar-refractivity contribution in [1.29, 1.82) is 0 Å². The fourth-order valence-corrected chi connectivity index (χ4v) is 1.42. The summed E-state index contributed by atoms with van der Waals surface area (Å²) in [4.78, 5) is 43.5. The van der Waals surface area contributed by atoms with Crippen molar-refractivity contribution >= 4 is 34.8 Å². The molecule has 1 aromatic carbocycles. The van der Waals surface area contributed by atoms with Gasteiger partial charge in [0.05, 0.1) is 7.11 Å². The minimum Gasteiger partial charge on any atom is -0.481 e. The Kier molecular flexibility index (Phi) is 15.6. The van der Waals surface area contributed by atoms with Crippen LogP contribution in [-0.2, 0) is 24.0 Å². The van der Waals surface area contributed by atoms with Crippen molar-refractivity contribution in [2.45, 2.75) is 26.7 Å². The van der Waals surface area contributed by atoms with E-state index in [1.54, 1.807) is 26.3 Å². The molecule has 14 nitrogen and oxygen atoms in total. The minimum absolute atomic E-state index is 0.148. The van der Waals surface area contributed by atoms with Crippen molar-refractivity contribution in [2.75, 3.05) is 14.2 Å². The van der Waals surface area contributed by atoms with Crippen LogP contribution < -0.4 is 5.48 Å². The van der Waals surface area contributed by atoms with Gasteiger partial charge in [0.25, 0.3) is 23.8 Å². The first-order valence-corrected chi connectivity index (χ1v) is 8.10. The third-order valence-corrected chi connectivity index (χ3v) is 2.56. The van der Waals surface area contributed by atoms with Crippen molar-refractivity contribution in [3.05, 3.63) is 24.3 Å². The number of carboxylic acids is 2. The summed E-state index contributed by atoms with van der Waals surface area (Å²) in [7, 11) is 3.28. The number of fused-ring (bicyclic) bond motifs is 1. The number of carboxylic acid groups (broad SMARTS) is 2. The molecule has 0 radical (unpaired) electrons. The molecule has 0 unspecified atom stereocenters. The number of hydroxylamine groups is 3. The van der Waals surface area contributed by atoms with Crippen molar-refractivity contribution in [3.63, 3.8) is 0 Å². The fourth-order valence-electron chi connectivity index (χ4n) is 1.42. The fraction of sp³-hybridized carbons (Fsp3) is 0.375. The molecule has 14 heteroatoms. The molecule has 1 saturated heterocycles. The van der Waals surface area contributed by atoms with Crippen LogP contribution in [-0.4, -0.2) is 78.8 Å². The summed E-state index contributed by atoms with van der Waals surface area (Å²) in [6.45, 7) is 2.17. The third kappa shape index (κ3) is 14.4. The summed E-state index contributed by atoms with van der Waals surface area (Å²) in [6.07, 6.45) is 0.296. The number of amides is 2. The van der Waals surface area contributed by atoms with Gasteiger partial charge in [-0.15, -0.1) is 5.10 Å². The molecule has 168 valence electrons. The normalized spacial score (nSPS) is 11.6. The van der Waals surface area contributed by atoms with Crippen LogP contribution in [0.1, 0.15) is 26.7 Å². The number of hydrogen-bond acceptors (Lipinski definition) is 10. The predicted octanol–water partition coefficient (Wildman–Crippen LogP) is 0.142. The summed E-state index contributed by atoms with van der Waals surface area (Å²) in [5.41, 5.74) is 3.76. The first-order chi connectivity index (χ1) is 14.0. The highest BCUT2D eigenvalue weighted by molar-refractivity contribution is 6.00. The first kappa shape index (κ1) is 28.6. The average molecular weight is 431 g/mol. The van der Waals surface area contributed by atoms with E-state index in [9.17, 15) is 9.59 Å². The highest BCUT2D eigenvalue weighted by Crippen LogP contribution is 2.07. The smallest absolute Gasteiger partial charge is 0.300 e. The number of nitrogens with zero attached hydrogens (tertiary/aromatic N) is 4. The third-order valence-electron chi connectivity index (χ3n) is 2.56. The number of carbonyl (C=O) groups excluding carboxylic acids is 2. The van der Waals surface area contributed by atoms with Gasteiger partial charge in [-0.1, -0.05) is 17.0 Å². The number of rotatable bonds is 1. The van der Waals surface area contributed by atoms with E-state index in [0.717, 1.165) is 18.7 Å². The van der Waals surface area contributed by atoms with Crippen molar-refractivity contribution < 1.29 is 44.6 Å². The molecule has 0 aliphatic carbocycles. The van der Waals surface area contributed by atoms with Crippen LogP contribution in [0.3, 0.4) is 0 Å². The molecule has 2 aromatic rings. The monoisotopic (exact) mass is 431 g/mol. The lowest BCUT2D eigenvalue weighted by Crippen LogP contribution is -2.24. The number of nitrogens with one attached hydrogen (secondary N) is 1. The van der Waals surface area contributed by atoms with Crippen LogP contribution in [0.2, 0.25) is 0 Å². The molecule has 0 spiro atoms. The van der Waals surface area contributed by atoms with E-state index in [0.29, 0.717) is 11.0 Å². The van der Waals surface area contributed by atoms with Crippen molar-refractivity contribution in [3.8, 4) is 0 Å². The summed E-state index contributed by atoms with van der Waals surface area (Å²) in [5.74, 6) is -2.68. The van der Waals surface area contributed by atoms with Gasteiger partial charge in [-0.2, -0.15) is 5.06 Å². The van der Waals surface area contributed by atoms with Gasteiger partial charge in [-0.05, 0) is 17.3 Å². The van der Waals surface area contributed by atoms with Gasteiger partial charge >= 0.3 is 0 Å². The molecule has 1 aliphatic rings. The average Bonchev–Trinajstić information content (AvgIpc) is 3.19. The van der Waals surface area contributed by atoms with Gasteiger partial charge in [0.2, 0.25) is 0 Å². The number of imide groups is 1. The second-order valence-corrected chi connectivity index (χ2v) is 5.01. The Bertz CT molecular complexity index is 771. The van der Waals surface area contributed by atoms with Crippen molar-refractivity contribution in [1.82, 2.24) is 25.7 Å². The number of benzene rings is 1. The summed E-state index contributed by atoms with van der Waals surface area (Å²) in [5, 5.41) is 39.5. The zero-order chi connectivity index (χ0) is 23.7.